The van der Waals surface area contributed by atoms with Crippen LogP contribution in [-0.2, 0) is 9.53 Å². The highest BCUT2D eigenvalue weighted by Gasteiger charge is 2.43. The zero-order chi connectivity index (χ0) is 20.8. The smallest absolute Gasteiger partial charge is 0.229 e. The van der Waals surface area contributed by atoms with Crippen molar-refractivity contribution in [3.8, 4) is 0 Å². The number of halogens is 3. The van der Waals surface area contributed by atoms with Crippen molar-refractivity contribution in [1.82, 2.24) is 21.5 Å². The van der Waals surface area contributed by atoms with Crippen molar-refractivity contribution >= 4 is 11.9 Å². The van der Waals surface area contributed by atoms with Crippen LogP contribution in [-0.4, -0.2) is 62.3 Å². The van der Waals surface area contributed by atoms with Crippen molar-refractivity contribution in [3.63, 3.8) is 0 Å². The third-order valence-corrected chi connectivity index (χ3v) is 6.01. The summed E-state index contributed by atoms with van der Waals surface area (Å²) in [5.74, 6) is -0.710. The number of aliphatic imine (C=N–C) groups is 1. The summed E-state index contributed by atoms with van der Waals surface area (Å²) in [6, 6.07) is -0.284. The zero-order valence-electron chi connectivity index (χ0n) is 16.8. The molecule has 7 nitrogen and oxygen atoms in total. The van der Waals surface area contributed by atoms with Crippen molar-refractivity contribution in [2.75, 3.05) is 19.8 Å². The summed E-state index contributed by atoms with van der Waals surface area (Å²) < 4.78 is 46.5. The van der Waals surface area contributed by atoms with Crippen molar-refractivity contribution in [2.45, 2.75) is 76.2 Å². The summed E-state index contributed by atoms with van der Waals surface area (Å²) in [6.07, 6.45) is -1.91. The normalized spacial score (nSPS) is 37.8. The highest BCUT2D eigenvalue weighted by molar-refractivity contribution is 5.98. The summed E-state index contributed by atoms with van der Waals surface area (Å²) in [5.41, 5.74) is 6.05. The van der Waals surface area contributed by atoms with Crippen molar-refractivity contribution < 1.29 is 22.7 Å². The summed E-state index contributed by atoms with van der Waals surface area (Å²) in [5, 5.41) is 5.88. The molecule has 3 rings (SSSR count). The van der Waals surface area contributed by atoms with E-state index in [4.69, 9.17) is 4.74 Å². The highest BCUT2D eigenvalue weighted by Crippen LogP contribution is 2.31. The Morgan fingerprint density at radius 1 is 1.10 bits per heavy atom. The molecule has 1 aliphatic heterocycles. The van der Waals surface area contributed by atoms with E-state index in [9.17, 15) is 18.0 Å². The van der Waals surface area contributed by atoms with Gasteiger partial charge in [0.15, 0.2) is 5.96 Å². The molecule has 0 aromatic rings. The fourth-order valence-corrected chi connectivity index (χ4v) is 4.35. The molecule has 1 heterocycles. The van der Waals surface area contributed by atoms with E-state index < -0.39 is 24.4 Å². The van der Waals surface area contributed by atoms with Crippen LogP contribution in [0.1, 0.15) is 45.4 Å². The van der Waals surface area contributed by atoms with Gasteiger partial charge in [0.2, 0.25) is 5.91 Å². The minimum absolute atomic E-state index is 0.0185. The number of nitrogens with one attached hydrogen (secondary N) is 4. The van der Waals surface area contributed by atoms with Gasteiger partial charge in [0, 0.05) is 18.4 Å². The first kappa shape index (κ1) is 22.3. The standard InChI is InChI=1S/C19H32F3N5O2/c1-2-29-9-8-23-19(25-18(28)11-6-7-13(20)15(22)10-11)24-17-12-4-3-5-14(21)16(12)26-27-17/h11-17,26-27H,2-10H2,1H3,(H2,23,24,25,28). The molecule has 10 heteroatoms. The highest BCUT2D eigenvalue weighted by atomic mass is 19.2. The van der Waals surface area contributed by atoms with Gasteiger partial charge in [0.05, 0.1) is 25.4 Å². The lowest BCUT2D eigenvalue weighted by Crippen LogP contribution is -2.54. The number of guanidine groups is 1. The predicted octanol–water partition coefficient (Wildman–Crippen LogP) is 1.50. The number of hydrogen-bond donors (Lipinski definition) is 4. The summed E-state index contributed by atoms with van der Waals surface area (Å²) in [4.78, 5) is 17.0. The van der Waals surface area contributed by atoms with E-state index in [1.807, 2.05) is 6.92 Å². The van der Waals surface area contributed by atoms with E-state index in [-0.39, 0.29) is 42.8 Å². The van der Waals surface area contributed by atoms with Crippen molar-refractivity contribution in [3.05, 3.63) is 0 Å². The summed E-state index contributed by atoms with van der Waals surface area (Å²) >= 11 is 0. The van der Waals surface area contributed by atoms with Gasteiger partial charge in [-0.2, -0.15) is 0 Å². The molecular formula is C19H32F3N5O2. The number of fused-ring (bicyclic) bond motifs is 1. The van der Waals surface area contributed by atoms with Gasteiger partial charge in [-0.15, -0.1) is 0 Å². The van der Waals surface area contributed by atoms with Gasteiger partial charge < -0.3 is 10.1 Å². The van der Waals surface area contributed by atoms with E-state index >= 15 is 0 Å². The van der Waals surface area contributed by atoms with E-state index in [1.165, 1.54) is 0 Å². The molecule has 0 radical (unpaired) electrons. The average Bonchev–Trinajstić information content (AvgIpc) is 3.11. The minimum atomic E-state index is -1.61. The van der Waals surface area contributed by atoms with E-state index in [0.717, 1.165) is 12.8 Å². The Hall–Kier alpha value is -1.39. The first-order chi connectivity index (χ1) is 14.0. The molecule has 4 N–H and O–H groups in total. The molecule has 0 aromatic carbocycles. The first-order valence-corrected chi connectivity index (χ1v) is 10.6. The molecular weight excluding hydrogens is 387 g/mol. The van der Waals surface area contributed by atoms with Crippen LogP contribution in [0.3, 0.4) is 0 Å². The second-order valence-electron chi connectivity index (χ2n) is 8.01. The molecule has 1 saturated heterocycles. The minimum Gasteiger partial charge on any atom is -0.380 e. The number of amides is 1. The summed E-state index contributed by atoms with van der Waals surface area (Å²) in [6.45, 7) is 3.17. The summed E-state index contributed by atoms with van der Waals surface area (Å²) in [7, 11) is 0. The van der Waals surface area contributed by atoms with Crippen LogP contribution in [0, 0.1) is 11.8 Å². The topological polar surface area (TPSA) is 86.8 Å². The second-order valence-corrected chi connectivity index (χ2v) is 8.01. The van der Waals surface area contributed by atoms with Crippen molar-refractivity contribution in [2.24, 2.45) is 16.8 Å². The number of carbonyl (C=O) groups excluding carboxylic acids is 1. The van der Waals surface area contributed by atoms with Gasteiger partial charge in [-0.05, 0) is 39.0 Å². The maximum Gasteiger partial charge on any atom is 0.229 e. The molecule has 2 saturated carbocycles. The number of ether oxygens (including phenoxy) is 1. The van der Waals surface area contributed by atoms with E-state index in [1.54, 1.807) is 0 Å². The number of nitrogens with zero attached hydrogens (tertiary/aromatic N) is 1. The van der Waals surface area contributed by atoms with Gasteiger partial charge >= 0.3 is 0 Å². The molecule has 166 valence electrons. The molecule has 7 atom stereocenters. The molecule has 3 aliphatic rings. The maximum absolute atomic E-state index is 14.1. The van der Waals surface area contributed by atoms with Crippen LogP contribution >= 0.6 is 0 Å². The third kappa shape index (κ3) is 5.82. The Bertz CT molecular complexity index is 582. The molecule has 1 amide bonds. The Kier molecular flexibility index (Phi) is 8.14. The Labute approximate surface area is 169 Å². The number of hydrazine groups is 1. The van der Waals surface area contributed by atoms with Crippen molar-refractivity contribution in [1.29, 1.82) is 0 Å². The molecule has 0 bridgehead atoms. The van der Waals surface area contributed by atoms with Crippen LogP contribution < -0.4 is 21.5 Å². The van der Waals surface area contributed by atoms with Crippen LogP contribution in [0.5, 0.6) is 0 Å². The lowest BCUT2D eigenvalue weighted by Gasteiger charge is -2.31. The third-order valence-electron chi connectivity index (χ3n) is 6.01. The molecule has 29 heavy (non-hydrogen) atoms. The molecule has 7 unspecified atom stereocenters. The fraction of sp³-hybridized carbons (Fsp3) is 0.895. The van der Waals surface area contributed by atoms with Crippen LogP contribution in [0.15, 0.2) is 4.99 Å². The van der Waals surface area contributed by atoms with Gasteiger partial charge in [-0.3, -0.25) is 15.1 Å². The monoisotopic (exact) mass is 419 g/mol. The molecule has 0 spiro atoms. The zero-order valence-corrected chi connectivity index (χ0v) is 16.8. The quantitative estimate of drug-likeness (QED) is 0.298. The van der Waals surface area contributed by atoms with E-state index in [0.29, 0.717) is 32.6 Å². The average molecular weight is 419 g/mol. The fourth-order valence-electron chi connectivity index (χ4n) is 4.35. The van der Waals surface area contributed by atoms with Crippen LogP contribution in [0.4, 0.5) is 13.2 Å². The lowest BCUT2D eigenvalue weighted by atomic mass is 9.83. The molecule has 2 aliphatic carbocycles. The van der Waals surface area contributed by atoms with Gasteiger partial charge in [-0.25, -0.2) is 24.0 Å². The number of hydrogen-bond acceptors (Lipinski definition) is 5. The number of rotatable bonds is 6. The van der Waals surface area contributed by atoms with E-state index in [2.05, 4.69) is 26.5 Å². The van der Waals surface area contributed by atoms with Gasteiger partial charge in [0.1, 0.15) is 18.5 Å². The Morgan fingerprint density at radius 2 is 1.93 bits per heavy atom. The predicted molar refractivity (Wildman–Crippen MR) is 103 cm³/mol. The van der Waals surface area contributed by atoms with Crippen LogP contribution in [0.2, 0.25) is 0 Å². The molecule has 0 aromatic heterocycles. The molecule has 3 fully saturated rings. The maximum atomic E-state index is 14.1. The Balaban J connectivity index is 1.61. The lowest BCUT2D eigenvalue weighted by molar-refractivity contribution is -0.125. The number of carbonyl (C=O) groups is 1. The SMILES string of the molecule is CCOCCN=C(NC(=O)C1CCC(F)C(F)C1)NC1NNC2C(F)CCCC12. The van der Waals surface area contributed by atoms with Gasteiger partial charge in [-0.1, -0.05) is 6.42 Å². The largest absolute Gasteiger partial charge is 0.380 e. The number of alkyl halides is 3. The first-order valence-electron chi connectivity index (χ1n) is 10.6. The van der Waals surface area contributed by atoms with Crippen LogP contribution in [0.25, 0.3) is 0 Å². The Morgan fingerprint density at radius 3 is 2.69 bits per heavy atom. The van der Waals surface area contributed by atoms with Gasteiger partial charge in [0.25, 0.3) is 0 Å². The second kappa shape index (κ2) is 10.6.